The lowest BCUT2D eigenvalue weighted by molar-refractivity contribution is -0.155. The highest BCUT2D eigenvalue weighted by molar-refractivity contribution is 5.71. The summed E-state index contributed by atoms with van der Waals surface area (Å²) in [6.07, 6.45) is 2.06. The van der Waals surface area contributed by atoms with Crippen LogP contribution < -0.4 is 4.74 Å². The highest BCUT2D eigenvalue weighted by Crippen LogP contribution is 2.31. The fourth-order valence-corrected chi connectivity index (χ4v) is 2.00. The van der Waals surface area contributed by atoms with Crippen molar-refractivity contribution >= 4 is 5.97 Å². The number of hydrogen-bond acceptors (Lipinski definition) is 3. The SMILES string of the molecule is CCC(C)(CC)c1ccc(OCC(=O)OCC(C)(F)F)cc1. The van der Waals surface area contributed by atoms with E-state index < -0.39 is 18.5 Å². The molecule has 0 saturated heterocycles. The van der Waals surface area contributed by atoms with Gasteiger partial charge in [-0.1, -0.05) is 32.9 Å². The molecule has 0 aliphatic heterocycles. The van der Waals surface area contributed by atoms with Crippen molar-refractivity contribution in [2.45, 2.75) is 51.9 Å². The van der Waals surface area contributed by atoms with Crippen molar-refractivity contribution in [3.63, 3.8) is 0 Å². The molecule has 0 heterocycles. The van der Waals surface area contributed by atoms with Crippen molar-refractivity contribution in [3.05, 3.63) is 29.8 Å². The molecule has 1 aromatic rings. The summed E-state index contributed by atoms with van der Waals surface area (Å²) in [5, 5.41) is 0. The molecule has 0 aromatic heterocycles. The highest BCUT2D eigenvalue weighted by atomic mass is 19.3. The Labute approximate surface area is 130 Å². The molecule has 0 fully saturated rings. The minimum atomic E-state index is -3.03. The molecule has 5 heteroatoms. The Morgan fingerprint density at radius 3 is 2.09 bits per heavy atom. The van der Waals surface area contributed by atoms with Crippen LogP contribution in [0.2, 0.25) is 0 Å². The molecular weight excluding hydrogens is 290 g/mol. The molecule has 0 aliphatic carbocycles. The molecule has 0 unspecified atom stereocenters. The normalized spacial score (nSPS) is 12.1. The zero-order valence-corrected chi connectivity index (χ0v) is 13.6. The van der Waals surface area contributed by atoms with Gasteiger partial charge in [0, 0.05) is 6.92 Å². The molecule has 0 atom stereocenters. The van der Waals surface area contributed by atoms with Gasteiger partial charge in [-0.25, -0.2) is 13.6 Å². The molecule has 0 aliphatic rings. The Kier molecular flexibility index (Phi) is 6.33. The molecule has 22 heavy (non-hydrogen) atoms. The minimum absolute atomic E-state index is 0.115. The van der Waals surface area contributed by atoms with E-state index in [1.54, 1.807) is 12.1 Å². The zero-order chi connectivity index (χ0) is 16.8. The third kappa shape index (κ3) is 5.62. The van der Waals surface area contributed by atoms with Crippen LogP contribution in [0.3, 0.4) is 0 Å². The number of esters is 1. The van der Waals surface area contributed by atoms with Gasteiger partial charge in [0.05, 0.1) is 0 Å². The lowest BCUT2D eigenvalue weighted by Gasteiger charge is -2.27. The molecule has 1 aromatic carbocycles. The Morgan fingerprint density at radius 2 is 1.64 bits per heavy atom. The van der Waals surface area contributed by atoms with E-state index in [-0.39, 0.29) is 12.0 Å². The van der Waals surface area contributed by atoms with Crippen molar-refractivity contribution in [2.24, 2.45) is 0 Å². The number of ether oxygens (including phenoxy) is 2. The summed E-state index contributed by atoms with van der Waals surface area (Å²) in [5.74, 6) is -3.32. The van der Waals surface area contributed by atoms with Crippen LogP contribution in [0.25, 0.3) is 0 Å². The van der Waals surface area contributed by atoms with E-state index >= 15 is 0 Å². The fourth-order valence-electron chi connectivity index (χ4n) is 2.00. The van der Waals surface area contributed by atoms with Gasteiger partial charge in [0.1, 0.15) is 5.75 Å². The van der Waals surface area contributed by atoms with Crippen LogP contribution in [0.1, 0.15) is 46.1 Å². The smallest absolute Gasteiger partial charge is 0.344 e. The summed E-state index contributed by atoms with van der Waals surface area (Å²) in [5.41, 5.74) is 1.32. The summed E-state index contributed by atoms with van der Waals surface area (Å²) >= 11 is 0. The number of carbonyl (C=O) groups is 1. The van der Waals surface area contributed by atoms with E-state index in [4.69, 9.17) is 4.74 Å². The Bertz CT molecular complexity index is 474. The number of alkyl halides is 2. The molecule has 3 nitrogen and oxygen atoms in total. The average Bonchev–Trinajstić information content (AvgIpc) is 2.50. The van der Waals surface area contributed by atoms with Crippen molar-refractivity contribution in [3.8, 4) is 5.75 Å². The van der Waals surface area contributed by atoms with Gasteiger partial charge in [0.25, 0.3) is 5.92 Å². The Morgan fingerprint density at radius 1 is 1.09 bits per heavy atom. The molecule has 0 saturated carbocycles. The first-order chi connectivity index (χ1) is 10.2. The van der Waals surface area contributed by atoms with Crippen LogP contribution in [-0.4, -0.2) is 25.1 Å². The van der Waals surface area contributed by atoms with E-state index in [1.807, 2.05) is 12.1 Å². The Hall–Kier alpha value is -1.65. The van der Waals surface area contributed by atoms with Crippen molar-refractivity contribution in [1.29, 1.82) is 0 Å². The first-order valence-electron chi connectivity index (χ1n) is 7.47. The average molecular weight is 314 g/mol. The lowest BCUT2D eigenvalue weighted by Crippen LogP contribution is -2.24. The predicted molar refractivity (Wildman–Crippen MR) is 81.5 cm³/mol. The van der Waals surface area contributed by atoms with Crippen LogP contribution in [0, 0.1) is 0 Å². The molecule has 0 bridgehead atoms. The second kappa shape index (κ2) is 7.56. The zero-order valence-electron chi connectivity index (χ0n) is 13.6. The maximum atomic E-state index is 12.6. The minimum Gasteiger partial charge on any atom is -0.482 e. The van der Waals surface area contributed by atoms with Gasteiger partial charge in [0.15, 0.2) is 13.2 Å². The number of rotatable bonds is 8. The van der Waals surface area contributed by atoms with Gasteiger partial charge in [-0.3, -0.25) is 0 Å². The van der Waals surface area contributed by atoms with E-state index in [2.05, 4.69) is 25.5 Å². The number of hydrogen-bond donors (Lipinski definition) is 0. The van der Waals surface area contributed by atoms with Crippen LogP contribution in [-0.2, 0) is 14.9 Å². The summed E-state index contributed by atoms with van der Waals surface area (Å²) in [6, 6.07) is 7.49. The molecule has 124 valence electrons. The monoisotopic (exact) mass is 314 g/mol. The van der Waals surface area contributed by atoms with Gasteiger partial charge < -0.3 is 9.47 Å². The number of halogens is 2. The predicted octanol–water partition coefficient (Wildman–Crippen LogP) is 4.34. The van der Waals surface area contributed by atoms with Gasteiger partial charge in [-0.05, 0) is 36.0 Å². The van der Waals surface area contributed by atoms with E-state index in [1.165, 1.54) is 5.56 Å². The van der Waals surface area contributed by atoms with Crippen molar-refractivity contribution in [1.82, 2.24) is 0 Å². The van der Waals surface area contributed by atoms with Crippen LogP contribution in [0.4, 0.5) is 8.78 Å². The third-order valence-corrected chi connectivity index (χ3v) is 3.96. The van der Waals surface area contributed by atoms with E-state index in [9.17, 15) is 13.6 Å². The number of benzene rings is 1. The fraction of sp³-hybridized carbons (Fsp3) is 0.588. The first-order valence-corrected chi connectivity index (χ1v) is 7.47. The largest absolute Gasteiger partial charge is 0.482 e. The lowest BCUT2D eigenvalue weighted by atomic mass is 9.78. The van der Waals surface area contributed by atoms with Crippen molar-refractivity contribution in [2.75, 3.05) is 13.2 Å². The van der Waals surface area contributed by atoms with Crippen LogP contribution in [0.5, 0.6) is 5.75 Å². The summed E-state index contributed by atoms with van der Waals surface area (Å²) in [6.45, 7) is 5.87. The quantitative estimate of drug-likeness (QED) is 0.670. The van der Waals surface area contributed by atoms with Gasteiger partial charge in [-0.2, -0.15) is 0 Å². The third-order valence-electron chi connectivity index (χ3n) is 3.96. The van der Waals surface area contributed by atoms with E-state index in [0.29, 0.717) is 12.7 Å². The van der Waals surface area contributed by atoms with Crippen LogP contribution >= 0.6 is 0 Å². The summed E-state index contributed by atoms with van der Waals surface area (Å²) in [7, 11) is 0. The van der Waals surface area contributed by atoms with E-state index in [0.717, 1.165) is 12.8 Å². The van der Waals surface area contributed by atoms with Gasteiger partial charge >= 0.3 is 5.97 Å². The van der Waals surface area contributed by atoms with Crippen molar-refractivity contribution < 1.29 is 23.0 Å². The van der Waals surface area contributed by atoms with Crippen LogP contribution in [0.15, 0.2) is 24.3 Å². The molecule has 1 rings (SSSR count). The molecule has 0 radical (unpaired) electrons. The maximum Gasteiger partial charge on any atom is 0.344 e. The maximum absolute atomic E-state index is 12.6. The first kappa shape index (κ1) is 18.4. The topological polar surface area (TPSA) is 35.5 Å². The Balaban J connectivity index is 2.53. The standard InChI is InChI=1S/C17H24F2O3/c1-5-16(3,6-2)13-7-9-14(10-8-13)21-11-15(20)22-12-17(4,18)19/h7-10H,5-6,11-12H2,1-4H3. The van der Waals surface area contributed by atoms with Gasteiger partial charge in [-0.15, -0.1) is 0 Å². The summed E-state index contributed by atoms with van der Waals surface area (Å²) in [4.78, 5) is 11.3. The summed E-state index contributed by atoms with van der Waals surface area (Å²) < 4.78 is 34.8. The second-order valence-corrected chi connectivity index (χ2v) is 5.81. The molecule has 0 spiro atoms. The van der Waals surface area contributed by atoms with Gasteiger partial charge in [0.2, 0.25) is 0 Å². The molecule has 0 amide bonds. The second-order valence-electron chi connectivity index (χ2n) is 5.81. The molecular formula is C17H24F2O3. The molecule has 0 N–H and O–H groups in total. The number of carbonyl (C=O) groups excluding carboxylic acids is 1. The highest BCUT2D eigenvalue weighted by Gasteiger charge is 2.24.